The van der Waals surface area contributed by atoms with Crippen molar-refractivity contribution in [3.05, 3.63) is 56.1 Å². The molecule has 2 aromatic carbocycles. The number of hydrogen-bond acceptors (Lipinski definition) is 4. The van der Waals surface area contributed by atoms with Gasteiger partial charge in [0.25, 0.3) is 5.91 Å². The second-order valence-corrected chi connectivity index (χ2v) is 6.90. The summed E-state index contributed by atoms with van der Waals surface area (Å²) in [5.74, 6) is -3.04. The zero-order valence-corrected chi connectivity index (χ0v) is 16.4. The third-order valence-corrected chi connectivity index (χ3v) is 4.33. The van der Waals surface area contributed by atoms with E-state index in [1.807, 2.05) is 0 Å². The third kappa shape index (κ3) is 5.50. The minimum Gasteiger partial charge on any atom is -0.396 e. The molecule has 0 spiro atoms. The number of rotatable bonds is 8. The first-order valence-electron chi connectivity index (χ1n) is 7.67. The van der Waals surface area contributed by atoms with Crippen molar-refractivity contribution in [3.8, 4) is 0 Å². The lowest BCUT2D eigenvalue weighted by Crippen LogP contribution is -2.25. The average molecular weight is 497 g/mol. The maximum Gasteiger partial charge on any atom is 0.277 e. The summed E-state index contributed by atoms with van der Waals surface area (Å²) >= 11 is 8.17. The molecule has 9 heteroatoms. The van der Waals surface area contributed by atoms with Crippen LogP contribution in [0.3, 0.4) is 0 Å². The number of nitrogens with one attached hydrogen (secondary N) is 2. The van der Waals surface area contributed by atoms with Crippen LogP contribution >= 0.6 is 34.2 Å². The van der Waals surface area contributed by atoms with Crippen LogP contribution < -0.4 is 10.8 Å². The minimum absolute atomic E-state index is 0.0192. The molecule has 0 aliphatic rings. The van der Waals surface area contributed by atoms with E-state index < -0.39 is 17.5 Å². The topological polar surface area (TPSA) is 70.6 Å². The van der Waals surface area contributed by atoms with Gasteiger partial charge in [-0.3, -0.25) is 9.63 Å². The number of carbonyl (C=O) groups is 1. The molecular weight excluding hydrogens is 481 g/mol. The highest BCUT2D eigenvalue weighted by atomic mass is 127. The molecular formula is C17H16ClF2IN2O3. The Labute approximate surface area is 167 Å². The number of aliphatic hydroxyl groups excluding tert-OH is 1. The van der Waals surface area contributed by atoms with Crippen molar-refractivity contribution in [1.82, 2.24) is 5.48 Å². The Balaban J connectivity index is 2.21. The zero-order chi connectivity index (χ0) is 19.1. The van der Waals surface area contributed by atoms with Gasteiger partial charge < -0.3 is 10.4 Å². The summed E-state index contributed by atoms with van der Waals surface area (Å²) in [5, 5.41) is 11.7. The fraction of sp³-hybridized carbons (Fsp3) is 0.235. The lowest BCUT2D eigenvalue weighted by atomic mass is 10.1. The maximum atomic E-state index is 14.3. The molecule has 3 N–H and O–H groups in total. The Bertz CT molecular complexity index is 793. The fourth-order valence-corrected chi connectivity index (χ4v) is 2.95. The van der Waals surface area contributed by atoms with Gasteiger partial charge in [0.15, 0.2) is 11.6 Å². The van der Waals surface area contributed by atoms with Crippen LogP contribution in [0.25, 0.3) is 0 Å². The van der Waals surface area contributed by atoms with Crippen molar-refractivity contribution in [3.63, 3.8) is 0 Å². The molecule has 0 saturated heterocycles. The molecule has 0 bridgehead atoms. The number of unbranched alkanes of at least 4 members (excludes halogenated alkanes) is 1. The molecule has 0 unspecified atom stereocenters. The molecule has 5 nitrogen and oxygen atoms in total. The SMILES string of the molecule is O=C(NOCCCCO)c1ccc(F)c(F)c1Nc1ccc(I)cc1Cl. The smallest absolute Gasteiger partial charge is 0.277 e. The van der Waals surface area contributed by atoms with Gasteiger partial charge in [-0.25, -0.2) is 14.3 Å². The summed E-state index contributed by atoms with van der Waals surface area (Å²) < 4.78 is 28.8. The van der Waals surface area contributed by atoms with Gasteiger partial charge in [-0.05, 0) is 65.8 Å². The van der Waals surface area contributed by atoms with E-state index in [4.69, 9.17) is 21.5 Å². The van der Waals surface area contributed by atoms with Crippen LogP contribution in [0.4, 0.5) is 20.2 Å². The Morgan fingerprint density at radius 3 is 2.69 bits per heavy atom. The quantitative estimate of drug-likeness (QED) is 0.288. The van der Waals surface area contributed by atoms with Crippen molar-refractivity contribution in [2.45, 2.75) is 12.8 Å². The van der Waals surface area contributed by atoms with Gasteiger partial charge >= 0.3 is 0 Å². The van der Waals surface area contributed by atoms with Gasteiger partial charge in [0.2, 0.25) is 0 Å². The zero-order valence-electron chi connectivity index (χ0n) is 13.5. The van der Waals surface area contributed by atoms with E-state index in [1.54, 1.807) is 18.2 Å². The van der Waals surface area contributed by atoms with Gasteiger partial charge in [0.1, 0.15) is 0 Å². The number of hydrogen-bond donors (Lipinski definition) is 3. The molecule has 140 valence electrons. The molecule has 0 saturated carbocycles. The van der Waals surface area contributed by atoms with Crippen molar-refractivity contribution in [2.75, 3.05) is 18.5 Å². The first-order chi connectivity index (χ1) is 12.4. The number of anilines is 2. The van der Waals surface area contributed by atoms with E-state index in [0.29, 0.717) is 23.6 Å². The molecule has 2 rings (SSSR count). The van der Waals surface area contributed by atoms with Crippen LogP contribution in [0.1, 0.15) is 23.2 Å². The Hall–Kier alpha value is -1.49. The molecule has 0 atom stereocenters. The molecule has 0 aliphatic carbocycles. The minimum atomic E-state index is -1.20. The first kappa shape index (κ1) is 20.8. The van der Waals surface area contributed by atoms with Crippen LogP contribution in [0.5, 0.6) is 0 Å². The van der Waals surface area contributed by atoms with Crippen LogP contribution in [-0.4, -0.2) is 24.2 Å². The monoisotopic (exact) mass is 496 g/mol. The Morgan fingerprint density at radius 1 is 1.23 bits per heavy atom. The summed E-state index contributed by atoms with van der Waals surface area (Å²) in [5.41, 5.74) is 2.02. The summed E-state index contributed by atoms with van der Waals surface area (Å²) in [4.78, 5) is 17.2. The number of amides is 1. The van der Waals surface area contributed by atoms with Gasteiger partial charge in [-0.15, -0.1) is 0 Å². The van der Waals surface area contributed by atoms with Gasteiger partial charge in [-0.1, -0.05) is 11.6 Å². The fourth-order valence-electron chi connectivity index (χ4n) is 2.05. The summed E-state index contributed by atoms with van der Waals surface area (Å²) in [6, 6.07) is 6.98. The van der Waals surface area contributed by atoms with E-state index in [2.05, 4.69) is 33.4 Å². The molecule has 26 heavy (non-hydrogen) atoms. The number of aliphatic hydroxyl groups is 1. The Morgan fingerprint density at radius 2 is 2.00 bits per heavy atom. The van der Waals surface area contributed by atoms with Crippen LogP contribution in [-0.2, 0) is 4.84 Å². The largest absolute Gasteiger partial charge is 0.396 e. The van der Waals surface area contributed by atoms with E-state index in [1.165, 1.54) is 0 Å². The predicted molar refractivity (Wildman–Crippen MR) is 104 cm³/mol. The lowest BCUT2D eigenvalue weighted by Gasteiger charge is -2.15. The van der Waals surface area contributed by atoms with Crippen LogP contribution in [0.2, 0.25) is 5.02 Å². The van der Waals surface area contributed by atoms with Gasteiger partial charge in [-0.2, -0.15) is 0 Å². The molecule has 0 heterocycles. The van der Waals surface area contributed by atoms with Gasteiger partial charge in [0, 0.05) is 10.2 Å². The number of hydroxylamine groups is 1. The average Bonchev–Trinajstić information content (AvgIpc) is 2.60. The highest BCUT2D eigenvalue weighted by Gasteiger charge is 2.20. The predicted octanol–water partition coefficient (Wildman–Crippen LogP) is 4.40. The van der Waals surface area contributed by atoms with Crippen molar-refractivity contribution < 1.29 is 23.5 Å². The lowest BCUT2D eigenvalue weighted by molar-refractivity contribution is 0.0289. The normalized spacial score (nSPS) is 10.7. The Kier molecular flexibility index (Phi) is 8.01. The molecule has 0 aliphatic heterocycles. The maximum absolute atomic E-state index is 14.3. The number of carbonyl (C=O) groups excluding carboxylic acids is 1. The second kappa shape index (κ2) is 10.0. The van der Waals surface area contributed by atoms with Crippen LogP contribution in [0.15, 0.2) is 30.3 Å². The first-order valence-corrected chi connectivity index (χ1v) is 9.12. The van der Waals surface area contributed by atoms with Crippen molar-refractivity contribution in [2.24, 2.45) is 0 Å². The summed E-state index contributed by atoms with van der Waals surface area (Å²) in [6.45, 7) is 0.201. The number of benzene rings is 2. The highest BCUT2D eigenvalue weighted by molar-refractivity contribution is 14.1. The highest BCUT2D eigenvalue weighted by Crippen LogP contribution is 2.31. The van der Waals surface area contributed by atoms with Crippen molar-refractivity contribution >= 4 is 51.5 Å². The van der Waals surface area contributed by atoms with Crippen molar-refractivity contribution in [1.29, 1.82) is 0 Å². The molecule has 0 fully saturated rings. The van der Waals surface area contributed by atoms with Crippen LogP contribution in [0, 0.1) is 15.2 Å². The third-order valence-electron chi connectivity index (χ3n) is 3.35. The molecule has 2 aromatic rings. The molecule has 1 amide bonds. The van der Waals surface area contributed by atoms with E-state index in [-0.39, 0.29) is 24.5 Å². The van der Waals surface area contributed by atoms with E-state index >= 15 is 0 Å². The van der Waals surface area contributed by atoms with E-state index in [9.17, 15) is 13.6 Å². The van der Waals surface area contributed by atoms with E-state index in [0.717, 1.165) is 15.7 Å². The summed E-state index contributed by atoms with van der Waals surface area (Å²) in [7, 11) is 0. The molecule has 0 radical (unpaired) electrons. The standard InChI is InChI=1S/C17H16ClF2IN2O3/c18-12-9-10(21)3-6-14(12)22-16-11(4-5-13(19)15(16)20)17(25)23-26-8-2-1-7-24/h3-6,9,22,24H,1-2,7-8H2,(H,23,25). The number of halogens is 4. The second-order valence-electron chi connectivity index (χ2n) is 5.24. The molecule has 0 aromatic heterocycles. The summed E-state index contributed by atoms with van der Waals surface area (Å²) in [6.07, 6.45) is 1.07. The van der Waals surface area contributed by atoms with Gasteiger partial charge in [0.05, 0.1) is 28.6 Å².